The number of nitrogens with one attached hydrogen (secondary N) is 1. The van der Waals surface area contributed by atoms with Crippen LogP contribution in [0, 0.1) is 50.0 Å². The summed E-state index contributed by atoms with van der Waals surface area (Å²) < 4.78 is 0. The number of hydrogen-bond donors (Lipinski definition) is 2. The maximum absolute atomic E-state index is 12.8. The largest absolute Gasteiger partial charge is 2.00 e. The Hall–Kier alpha value is -3.67. The fourth-order valence-corrected chi connectivity index (χ4v) is 3.21. The predicted octanol–water partition coefficient (Wildman–Crippen LogP) is 5.56. The number of carbonyl (C=O) groups excluding carboxylic acids is 2. The average Bonchev–Trinajstić information content (AvgIpc) is 2.87. The molecule has 0 heterocycles. The second-order valence-electron chi connectivity index (χ2n) is 8.39. The summed E-state index contributed by atoms with van der Waals surface area (Å²) in [6.07, 6.45) is 13.0. The standard InChI is InChI=1S/C30H35N4O4.CH3.U/c1-8-9-15-32-16-18-34(20-35)27-12-10-26(29(23(5)31)24(6)36)19-25(27)11-13-28(37)33(7)17-14-22(4)30(38)21(2)3;;/h8-9,11-17,19-20,31,36,38H,1-2,18H2,3-7H3;1H3;/q2*-1;+2/p+1/b13-11+,15-9-,17-14+,29-24+,30-22+,31-23?,32-16?;;. The van der Waals surface area contributed by atoms with Crippen LogP contribution in [0.4, 0.5) is 5.69 Å². The van der Waals surface area contributed by atoms with Gasteiger partial charge in [0.15, 0.2) is 5.76 Å². The molecule has 2 amide bonds. The van der Waals surface area contributed by atoms with Crippen molar-refractivity contribution in [1.29, 1.82) is 5.41 Å². The van der Waals surface area contributed by atoms with Crippen LogP contribution in [0.25, 0.3) is 11.6 Å². The van der Waals surface area contributed by atoms with E-state index in [2.05, 4.69) is 24.2 Å². The van der Waals surface area contributed by atoms with Crippen LogP contribution in [0.3, 0.4) is 0 Å². The molecule has 0 aliphatic carbocycles. The van der Waals surface area contributed by atoms with Gasteiger partial charge in [0.1, 0.15) is 5.76 Å². The zero-order chi connectivity index (χ0) is 28.8. The number of amides is 2. The first-order chi connectivity index (χ1) is 17.9. The van der Waals surface area contributed by atoms with Crippen molar-refractivity contribution in [1.82, 2.24) is 4.90 Å². The number of carbonyl (C=O) groups is 2. The monoisotopic (exact) mass is 769 g/mol. The third kappa shape index (κ3) is 12.0. The van der Waals surface area contributed by atoms with E-state index in [0.29, 0.717) is 39.9 Å². The second kappa shape index (κ2) is 19.4. The molecular weight excluding hydrogens is 730 g/mol. The molecule has 0 aromatic heterocycles. The molecule has 0 radical (unpaired) electrons. The summed E-state index contributed by atoms with van der Waals surface area (Å²) in [5.74, 6) is -0.0938. The van der Waals surface area contributed by atoms with Gasteiger partial charge >= 0.3 is 31.1 Å². The van der Waals surface area contributed by atoms with Crippen molar-refractivity contribution in [2.24, 2.45) is 4.99 Å². The van der Waals surface area contributed by atoms with E-state index in [4.69, 9.17) is 10.5 Å². The van der Waals surface area contributed by atoms with E-state index >= 15 is 0 Å². The zero-order valence-electron chi connectivity index (χ0n) is 24.1. The fourth-order valence-electron chi connectivity index (χ4n) is 3.21. The van der Waals surface area contributed by atoms with E-state index in [1.807, 2.05) is 0 Å². The van der Waals surface area contributed by atoms with Crippen LogP contribution in [-0.4, -0.2) is 52.9 Å². The third-order valence-corrected chi connectivity index (χ3v) is 5.19. The van der Waals surface area contributed by atoms with Gasteiger partial charge in [-0.3, -0.25) is 14.6 Å². The van der Waals surface area contributed by atoms with Gasteiger partial charge in [-0.15, -0.1) is 23.8 Å². The Morgan fingerprint density at radius 2 is 1.90 bits per heavy atom. The number of likely N-dealkylation sites (N-methyl/N-ethyl adjacent to an activating group) is 1. The quantitative estimate of drug-likeness (QED) is 0.0521. The normalized spacial score (nSPS) is 12.4. The van der Waals surface area contributed by atoms with Gasteiger partial charge in [-0.05, 0) is 49.8 Å². The number of allylic oxidation sites excluding steroid dienone is 7. The molecule has 0 bridgehead atoms. The van der Waals surface area contributed by atoms with Gasteiger partial charge in [0.2, 0.25) is 12.3 Å². The van der Waals surface area contributed by atoms with E-state index < -0.39 is 0 Å². The third-order valence-electron chi connectivity index (χ3n) is 5.19. The zero-order valence-corrected chi connectivity index (χ0v) is 28.2. The number of rotatable bonds is 13. The number of aliphatic imine (C=N–C) groups is 1. The Morgan fingerprint density at radius 1 is 1.25 bits per heavy atom. The van der Waals surface area contributed by atoms with Crippen molar-refractivity contribution in [2.45, 2.75) is 27.7 Å². The van der Waals surface area contributed by atoms with Crippen molar-refractivity contribution in [2.75, 3.05) is 18.5 Å². The molecule has 0 aliphatic heterocycles. The molecule has 40 heavy (non-hydrogen) atoms. The SMILES string of the molecule is C=C/C=C\N=CCN(C=O)c1c[c-]c(/C(C(C)=N)=C(\C)[OH2+])cc1/C=C/C(=O)N(C)/C=C/C(C)=C(/O)C(=C)C.[CH3-].[U+2]. The summed E-state index contributed by atoms with van der Waals surface area (Å²) in [5.41, 5.74) is 3.17. The van der Waals surface area contributed by atoms with E-state index in [9.17, 15) is 14.7 Å². The second-order valence-corrected chi connectivity index (χ2v) is 8.39. The molecule has 0 spiro atoms. The fraction of sp³-hybridized carbons (Fsp3) is 0.194. The van der Waals surface area contributed by atoms with E-state index in [0.717, 1.165) is 0 Å². The molecule has 0 unspecified atom stereocenters. The Bertz CT molecular complexity index is 1270. The van der Waals surface area contributed by atoms with Gasteiger partial charge in [0.25, 0.3) is 0 Å². The summed E-state index contributed by atoms with van der Waals surface area (Å²) in [6, 6.07) is 6.33. The molecule has 8 nitrogen and oxygen atoms in total. The molecule has 0 atom stereocenters. The molecule has 1 rings (SSSR count). The first kappa shape index (κ1) is 38.5. The molecule has 1 aromatic carbocycles. The van der Waals surface area contributed by atoms with E-state index in [1.165, 1.54) is 22.1 Å². The van der Waals surface area contributed by atoms with Crippen LogP contribution in [0.5, 0.6) is 0 Å². The topological polar surface area (TPSA) is 120 Å². The van der Waals surface area contributed by atoms with Crippen molar-refractivity contribution >= 4 is 41.6 Å². The van der Waals surface area contributed by atoms with Gasteiger partial charge in [-0.25, -0.2) is 0 Å². The van der Waals surface area contributed by atoms with E-state index in [-0.39, 0.29) is 68.2 Å². The number of anilines is 1. The van der Waals surface area contributed by atoms with Crippen LogP contribution in [0.15, 0.2) is 89.7 Å². The summed E-state index contributed by atoms with van der Waals surface area (Å²) in [4.78, 5) is 31.5. The summed E-state index contributed by atoms with van der Waals surface area (Å²) >= 11 is 0. The van der Waals surface area contributed by atoms with Crippen LogP contribution in [0.1, 0.15) is 38.8 Å². The Morgan fingerprint density at radius 3 is 2.42 bits per heavy atom. The smallest absolute Gasteiger partial charge is 0.603 e. The number of aliphatic hydroxyl groups is 1. The minimum absolute atomic E-state index is 0. The number of nitrogens with zero attached hydrogens (tertiary/aromatic N) is 3. The first-order valence-electron chi connectivity index (χ1n) is 11.7. The minimum Gasteiger partial charge on any atom is -0.603 e. The van der Waals surface area contributed by atoms with Crippen molar-refractivity contribution in [3.8, 4) is 0 Å². The number of aliphatic hydroxyl groups excluding tert-OH is 1. The predicted molar refractivity (Wildman–Crippen MR) is 164 cm³/mol. The van der Waals surface area contributed by atoms with Crippen molar-refractivity contribution in [3.63, 3.8) is 0 Å². The molecular formula is C31H39N4O4U+. The van der Waals surface area contributed by atoms with Gasteiger partial charge in [0, 0.05) is 49.9 Å². The van der Waals surface area contributed by atoms with E-state index in [1.54, 1.807) is 83.6 Å². The summed E-state index contributed by atoms with van der Waals surface area (Å²) in [7, 11) is 1.58. The Labute approximate surface area is 262 Å². The van der Waals surface area contributed by atoms with Gasteiger partial charge in [0.05, 0.1) is 6.54 Å². The molecule has 1 aromatic rings. The molecule has 0 saturated carbocycles. The average molecular weight is 770 g/mol. The van der Waals surface area contributed by atoms with Gasteiger partial charge in [-0.1, -0.05) is 30.9 Å². The maximum Gasteiger partial charge on any atom is 2.00 e. The molecule has 210 valence electrons. The molecule has 0 fully saturated rings. The van der Waals surface area contributed by atoms with Crippen LogP contribution in [-0.2, 0) is 9.59 Å². The van der Waals surface area contributed by atoms with Crippen LogP contribution < -0.4 is 4.90 Å². The molecule has 4 N–H and O–H groups in total. The van der Waals surface area contributed by atoms with Crippen LogP contribution in [0.2, 0.25) is 0 Å². The maximum atomic E-state index is 12.8. The molecule has 9 heteroatoms. The van der Waals surface area contributed by atoms with Gasteiger partial charge < -0.3 is 32.8 Å². The van der Waals surface area contributed by atoms with Crippen LogP contribution >= 0.6 is 0 Å². The molecule has 0 saturated heterocycles. The first-order valence-corrected chi connectivity index (χ1v) is 11.7. The summed E-state index contributed by atoms with van der Waals surface area (Å²) in [5, 5.41) is 26.1. The van der Waals surface area contributed by atoms with Crippen molar-refractivity contribution in [3.05, 3.63) is 109 Å². The Kier molecular flexibility index (Phi) is 18.7. The number of hydrogen-bond acceptors (Lipinski definition) is 5. The van der Waals surface area contributed by atoms with Gasteiger partial charge in [-0.2, -0.15) is 0 Å². The number of benzene rings is 1. The summed E-state index contributed by atoms with van der Waals surface area (Å²) in [6.45, 7) is 14.0. The van der Waals surface area contributed by atoms with Crippen molar-refractivity contribution < 1.29 is 50.9 Å². The Balaban J connectivity index is 0. The molecule has 0 aliphatic rings. The minimum atomic E-state index is -0.353.